The predicted octanol–water partition coefficient (Wildman–Crippen LogP) is 2.86. The number of anilines is 1. The Hall–Kier alpha value is -3.28. The Morgan fingerprint density at radius 1 is 1.17 bits per heavy atom. The van der Waals surface area contributed by atoms with Gasteiger partial charge in [0.2, 0.25) is 5.76 Å². The third kappa shape index (κ3) is 3.22. The van der Waals surface area contributed by atoms with E-state index in [9.17, 15) is 9.59 Å². The van der Waals surface area contributed by atoms with Gasteiger partial charge in [0.15, 0.2) is 6.61 Å². The molecule has 3 N–H and O–H groups in total. The van der Waals surface area contributed by atoms with Crippen molar-refractivity contribution in [3.8, 4) is 5.75 Å². The largest absolute Gasteiger partial charge is 0.484 e. The molecule has 6 heteroatoms. The predicted molar refractivity (Wildman–Crippen MR) is 90.0 cm³/mol. The lowest BCUT2D eigenvalue weighted by Crippen LogP contribution is -2.22. The first-order chi connectivity index (χ1) is 11.5. The minimum absolute atomic E-state index is 0.0832. The molecule has 0 radical (unpaired) electrons. The number of nitrogens with one attached hydrogen (secondary N) is 1. The van der Waals surface area contributed by atoms with Crippen LogP contribution in [0, 0.1) is 6.92 Å². The minimum atomic E-state index is -0.749. The van der Waals surface area contributed by atoms with E-state index in [-0.39, 0.29) is 18.1 Å². The summed E-state index contributed by atoms with van der Waals surface area (Å²) in [5, 5.41) is 3.25. The Morgan fingerprint density at radius 3 is 2.71 bits per heavy atom. The van der Waals surface area contributed by atoms with Crippen molar-refractivity contribution in [1.29, 1.82) is 0 Å². The molecular weight excluding hydrogens is 308 g/mol. The summed E-state index contributed by atoms with van der Waals surface area (Å²) in [7, 11) is 0. The zero-order valence-corrected chi connectivity index (χ0v) is 13.0. The maximum absolute atomic E-state index is 12.2. The van der Waals surface area contributed by atoms with E-state index in [0.29, 0.717) is 16.7 Å². The molecular formula is C18H16N2O4. The Morgan fingerprint density at radius 2 is 1.96 bits per heavy atom. The highest BCUT2D eigenvalue weighted by atomic mass is 16.5. The van der Waals surface area contributed by atoms with E-state index in [4.69, 9.17) is 14.9 Å². The van der Waals surface area contributed by atoms with Gasteiger partial charge < -0.3 is 20.2 Å². The van der Waals surface area contributed by atoms with E-state index in [2.05, 4.69) is 5.32 Å². The lowest BCUT2D eigenvalue weighted by atomic mass is 10.2. The fourth-order valence-corrected chi connectivity index (χ4v) is 2.37. The SMILES string of the molecule is Cc1cccc(OCC(=O)Nc2c(C(N)=O)oc3ccccc23)c1. The summed E-state index contributed by atoms with van der Waals surface area (Å²) in [6, 6.07) is 14.4. The van der Waals surface area contributed by atoms with Crippen LogP contribution in [0.2, 0.25) is 0 Å². The standard InChI is InChI=1S/C18H16N2O4/c1-11-5-4-6-12(9-11)23-10-15(21)20-16-13-7-2-3-8-14(13)24-17(16)18(19)22/h2-9H,10H2,1H3,(H2,19,22)(H,20,21). The molecule has 0 fully saturated rings. The second-order valence-electron chi connectivity index (χ2n) is 5.32. The van der Waals surface area contributed by atoms with Crippen molar-refractivity contribution in [2.24, 2.45) is 5.73 Å². The molecule has 1 heterocycles. The van der Waals surface area contributed by atoms with Gasteiger partial charge in [0, 0.05) is 5.39 Å². The van der Waals surface area contributed by atoms with Gasteiger partial charge in [-0.3, -0.25) is 9.59 Å². The molecule has 1 aromatic heterocycles. The van der Waals surface area contributed by atoms with E-state index >= 15 is 0 Å². The molecule has 0 saturated heterocycles. The summed E-state index contributed by atoms with van der Waals surface area (Å²) < 4.78 is 10.9. The first-order valence-electron chi connectivity index (χ1n) is 7.35. The molecule has 122 valence electrons. The average molecular weight is 324 g/mol. The van der Waals surface area contributed by atoms with E-state index < -0.39 is 11.8 Å². The molecule has 0 spiro atoms. The normalized spacial score (nSPS) is 10.5. The van der Waals surface area contributed by atoms with E-state index in [1.54, 1.807) is 30.3 Å². The molecule has 6 nitrogen and oxygen atoms in total. The molecule has 0 aliphatic rings. The Bertz CT molecular complexity index is 914. The molecule has 24 heavy (non-hydrogen) atoms. The van der Waals surface area contributed by atoms with Crippen molar-refractivity contribution < 1.29 is 18.7 Å². The van der Waals surface area contributed by atoms with Crippen LogP contribution in [-0.2, 0) is 4.79 Å². The molecule has 0 unspecified atom stereocenters. The third-order valence-corrected chi connectivity index (χ3v) is 3.44. The summed E-state index contributed by atoms with van der Waals surface area (Å²) >= 11 is 0. The summed E-state index contributed by atoms with van der Waals surface area (Å²) in [5.41, 5.74) is 7.09. The van der Waals surface area contributed by atoms with Gasteiger partial charge >= 0.3 is 0 Å². The zero-order valence-electron chi connectivity index (χ0n) is 13.0. The number of ether oxygens (including phenoxy) is 1. The van der Waals surface area contributed by atoms with Gasteiger partial charge in [-0.05, 0) is 36.8 Å². The van der Waals surface area contributed by atoms with Crippen molar-refractivity contribution in [2.75, 3.05) is 11.9 Å². The molecule has 0 atom stereocenters. The molecule has 2 aromatic carbocycles. The van der Waals surface area contributed by atoms with Crippen LogP contribution in [0.1, 0.15) is 16.1 Å². The summed E-state index contributed by atoms with van der Waals surface area (Å²) in [6.45, 7) is 1.74. The summed E-state index contributed by atoms with van der Waals surface area (Å²) in [4.78, 5) is 23.7. The number of carbonyl (C=O) groups excluding carboxylic acids is 2. The maximum Gasteiger partial charge on any atom is 0.286 e. The van der Waals surface area contributed by atoms with Crippen molar-refractivity contribution >= 4 is 28.5 Å². The Balaban J connectivity index is 1.78. The highest BCUT2D eigenvalue weighted by Crippen LogP contribution is 2.30. The number of hydrogen-bond acceptors (Lipinski definition) is 4. The van der Waals surface area contributed by atoms with Crippen LogP contribution in [0.15, 0.2) is 52.9 Å². The highest BCUT2D eigenvalue weighted by Gasteiger charge is 2.20. The number of benzene rings is 2. The van der Waals surface area contributed by atoms with E-state index in [1.807, 2.05) is 25.1 Å². The molecule has 3 aromatic rings. The number of rotatable bonds is 5. The fraction of sp³-hybridized carbons (Fsp3) is 0.111. The number of nitrogens with two attached hydrogens (primary N) is 1. The van der Waals surface area contributed by atoms with Crippen LogP contribution in [-0.4, -0.2) is 18.4 Å². The lowest BCUT2D eigenvalue weighted by molar-refractivity contribution is -0.118. The number of carbonyl (C=O) groups is 2. The molecule has 3 rings (SSSR count). The van der Waals surface area contributed by atoms with Gasteiger partial charge in [-0.25, -0.2) is 0 Å². The lowest BCUT2D eigenvalue weighted by Gasteiger charge is -2.08. The number of para-hydroxylation sites is 1. The van der Waals surface area contributed by atoms with Crippen LogP contribution in [0.4, 0.5) is 5.69 Å². The topological polar surface area (TPSA) is 94.6 Å². The zero-order chi connectivity index (χ0) is 17.1. The number of aryl methyl sites for hydroxylation is 1. The average Bonchev–Trinajstić information content (AvgIpc) is 2.92. The highest BCUT2D eigenvalue weighted by molar-refractivity contribution is 6.10. The second kappa shape index (κ2) is 6.45. The molecule has 0 bridgehead atoms. The molecule has 2 amide bonds. The van der Waals surface area contributed by atoms with Gasteiger partial charge in [-0.15, -0.1) is 0 Å². The van der Waals surface area contributed by atoms with Crippen LogP contribution in [0.5, 0.6) is 5.75 Å². The quantitative estimate of drug-likeness (QED) is 0.754. The molecule has 0 aliphatic carbocycles. The van der Waals surface area contributed by atoms with Crippen molar-refractivity contribution in [2.45, 2.75) is 6.92 Å². The fourth-order valence-electron chi connectivity index (χ4n) is 2.37. The number of furan rings is 1. The van der Waals surface area contributed by atoms with Crippen LogP contribution in [0.3, 0.4) is 0 Å². The smallest absolute Gasteiger partial charge is 0.286 e. The van der Waals surface area contributed by atoms with Gasteiger partial charge in [0.1, 0.15) is 17.0 Å². The maximum atomic E-state index is 12.2. The van der Waals surface area contributed by atoms with Gasteiger partial charge in [0.05, 0.1) is 0 Å². The monoisotopic (exact) mass is 324 g/mol. The number of amides is 2. The van der Waals surface area contributed by atoms with Crippen LogP contribution < -0.4 is 15.8 Å². The Labute approximate surface area is 138 Å². The number of hydrogen-bond donors (Lipinski definition) is 2. The van der Waals surface area contributed by atoms with Gasteiger partial charge in [-0.2, -0.15) is 0 Å². The van der Waals surface area contributed by atoms with Gasteiger partial charge in [0.25, 0.3) is 11.8 Å². The van der Waals surface area contributed by atoms with Crippen molar-refractivity contribution in [3.63, 3.8) is 0 Å². The summed E-state index contributed by atoms with van der Waals surface area (Å²) in [5.74, 6) is -0.649. The molecule has 0 saturated carbocycles. The van der Waals surface area contributed by atoms with Crippen LogP contribution in [0.25, 0.3) is 11.0 Å². The second-order valence-corrected chi connectivity index (χ2v) is 5.32. The van der Waals surface area contributed by atoms with Gasteiger partial charge in [-0.1, -0.05) is 24.3 Å². The summed E-state index contributed by atoms with van der Waals surface area (Å²) in [6.07, 6.45) is 0. The minimum Gasteiger partial charge on any atom is -0.484 e. The number of primary amides is 1. The first-order valence-corrected chi connectivity index (χ1v) is 7.35. The van der Waals surface area contributed by atoms with E-state index in [0.717, 1.165) is 5.56 Å². The first kappa shape index (κ1) is 15.6. The van der Waals surface area contributed by atoms with Crippen molar-refractivity contribution in [3.05, 3.63) is 59.9 Å². The Kier molecular flexibility index (Phi) is 4.20. The van der Waals surface area contributed by atoms with Crippen LogP contribution >= 0.6 is 0 Å². The third-order valence-electron chi connectivity index (χ3n) is 3.44. The number of fused-ring (bicyclic) bond motifs is 1. The van der Waals surface area contributed by atoms with E-state index in [1.165, 1.54) is 0 Å². The van der Waals surface area contributed by atoms with Crippen molar-refractivity contribution in [1.82, 2.24) is 0 Å². The molecule has 0 aliphatic heterocycles.